The number of anilines is 1. The summed E-state index contributed by atoms with van der Waals surface area (Å²) in [6, 6.07) is 3.93. The van der Waals surface area contributed by atoms with E-state index in [1.807, 2.05) is 0 Å². The fraction of sp³-hybridized carbons (Fsp3) is 0.571. The molecule has 0 aromatic heterocycles. The molecule has 0 aliphatic heterocycles. The summed E-state index contributed by atoms with van der Waals surface area (Å²) < 4.78 is 23.0. The molecule has 0 aliphatic carbocycles. The van der Waals surface area contributed by atoms with E-state index in [1.54, 1.807) is 0 Å². The molecule has 1 N–H and O–H groups in total. The summed E-state index contributed by atoms with van der Waals surface area (Å²) in [5, 5.41) is 14.2. The Morgan fingerprint density at radius 2 is 1.90 bits per heavy atom. The Balaban J connectivity index is 3.12. The van der Waals surface area contributed by atoms with Crippen LogP contribution in [0, 0.1) is 21.4 Å². The molecule has 0 aliphatic rings. The first kappa shape index (κ1) is 17.4. The third-order valence-electron chi connectivity index (χ3n) is 3.89. The number of sulfone groups is 1. The van der Waals surface area contributed by atoms with Crippen molar-refractivity contribution in [2.24, 2.45) is 11.3 Å². The molecule has 0 unspecified atom stereocenters. The van der Waals surface area contributed by atoms with Gasteiger partial charge >= 0.3 is 0 Å². The molecule has 0 saturated heterocycles. The summed E-state index contributed by atoms with van der Waals surface area (Å²) in [6.07, 6.45) is 1.03. The molecule has 0 heterocycles. The van der Waals surface area contributed by atoms with Gasteiger partial charge in [-0.05, 0) is 23.5 Å². The van der Waals surface area contributed by atoms with Gasteiger partial charge in [-0.15, -0.1) is 0 Å². The van der Waals surface area contributed by atoms with Crippen molar-refractivity contribution in [1.82, 2.24) is 0 Å². The van der Waals surface area contributed by atoms with E-state index in [0.717, 1.165) is 12.3 Å². The van der Waals surface area contributed by atoms with Crippen LogP contribution in [0.4, 0.5) is 11.4 Å². The standard InChI is InChI=1S/C14H22N2O4S/c1-10(2)14(3,4)9-15-12-7-6-11(21(5,19)20)8-13(12)16(17)18/h6-8,10,15H,9H2,1-5H3. The molecule has 1 aromatic rings. The predicted molar refractivity (Wildman–Crippen MR) is 83.3 cm³/mol. The molecule has 1 rings (SSSR count). The largest absolute Gasteiger partial charge is 0.379 e. The highest BCUT2D eigenvalue weighted by Gasteiger charge is 2.24. The highest BCUT2D eigenvalue weighted by Crippen LogP contribution is 2.31. The Labute approximate surface area is 125 Å². The van der Waals surface area contributed by atoms with Crippen LogP contribution in [0.2, 0.25) is 0 Å². The molecule has 118 valence electrons. The first-order chi connectivity index (χ1) is 9.45. The quantitative estimate of drug-likeness (QED) is 0.643. The number of benzene rings is 1. The Hall–Kier alpha value is -1.63. The van der Waals surface area contributed by atoms with E-state index in [2.05, 4.69) is 33.0 Å². The van der Waals surface area contributed by atoms with E-state index >= 15 is 0 Å². The van der Waals surface area contributed by atoms with E-state index < -0.39 is 14.8 Å². The number of nitro benzene ring substituents is 1. The third-order valence-corrected chi connectivity index (χ3v) is 5.00. The molecule has 0 saturated carbocycles. The van der Waals surface area contributed by atoms with Crippen LogP contribution in [0.25, 0.3) is 0 Å². The third kappa shape index (κ3) is 4.42. The number of rotatable bonds is 6. The highest BCUT2D eigenvalue weighted by molar-refractivity contribution is 7.90. The first-order valence-corrected chi connectivity index (χ1v) is 8.56. The second-order valence-corrected chi connectivity index (χ2v) is 8.22. The van der Waals surface area contributed by atoms with Crippen molar-refractivity contribution in [2.45, 2.75) is 32.6 Å². The molecule has 21 heavy (non-hydrogen) atoms. The Morgan fingerprint density at radius 1 is 1.33 bits per heavy atom. The second kappa shape index (κ2) is 6.01. The second-order valence-electron chi connectivity index (χ2n) is 6.21. The fourth-order valence-electron chi connectivity index (χ4n) is 1.57. The van der Waals surface area contributed by atoms with Gasteiger partial charge in [0.05, 0.1) is 9.82 Å². The topological polar surface area (TPSA) is 89.3 Å². The van der Waals surface area contributed by atoms with E-state index in [0.29, 0.717) is 18.2 Å². The lowest BCUT2D eigenvalue weighted by atomic mass is 9.81. The lowest BCUT2D eigenvalue weighted by Crippen LogP contribution is -2.28. The predicted octanol–water partition coefficient (Wildman–Crippen LogP) is 3.09. The van der Waals surface area contributed by atoms with E-state index in [9.17, 15) is 18.5 Å². The minimum Gasteiger partial charge on any atom is -0.379 e. The van der Waals surface area contributed by atoms with Crippen molar-refractivity contribution in [3.8, 4) is 0 Å². The van der Waals surface area contributed by atoms with Crippen LogP contribution in [0.15, 0.2) is 23.1 Å². The minimum absolute atomic E-state index is 0.0383. The van der Waals surface area contributed by atoms with Crippen LogP contribution in [-0.2, 0) is 9.84 Å². The number of nitrogens with one attached hydrogen (secondary N) is 1. The zero-order chi connectivity index (χ0) is 16.4. The van der Waals surface area contributed by atoms with Crippen molar-refractivity contribution >= 4 is 21.2 Å². The van der Waals surface area contributed by atoms with E-state index in [4.69, 9.17) is 0 Å². The Bertz CT molecular complexity index is 636. The number of hydrogen-bond donors (Lipinski definition) is 1. The van der Waals surface area contributed by atoms with Crippen molar-refractivity contribution in [1.29, 1.82) is 0 Å². The van der Waals surface area contributed by atoms with Gasteiger partial charge in [0.2, 0.25) is 0 Å². The molecular formula is C14H22N2O4S. The Kier molecular flexibility index (Phi) is 4.99. The molecule has 0 fully saturated rings. The van der Waals surface area contributed by atoms with Crippen LogP contribution in [-0.4, -0.2) is 26.1 Å². The summed E-state index contributed by atoms with van der Waals surface area (Å²) in [4.78, 5) is 10.5. The maximum absolute atomic E-state index is 11.5. The molecule has 0 amide bonds. The zero-order valence-corrected chi connectivity index (χ0v) is 13.8. The molecule has 0 spiro atoms. The fourth-order valence-corrected chi connectivity index (χ4v) is 2.21. The minimum atomic E-state index is -3.46. The van der Waals surface area contributed by atoms with E-state index in [1.165, 1.54) is 12.1 Å². The molecular weight excluding hydrogens is 292 g/mol. The van der Waals surface area contributed by atoms with Gasteiger partial charge in [-0.25, -0.2) is 8.42 Å². The molecule has 0 bridgehead atoms. The maximum atomic E-state index is 11.5. The molecule has 0 radical (unpaired) electrons. The first-order valence-electron chi connectivity index (χ1n) is 6.67. The van der Waals surface area contributed by atoms with Crippen LogP contribution < -0.4 is 5.32 Å². The van der Waals surface area contributed by atoms with Crippen LogP contribution in [0.1, 0.15) is 27.7 Å². The van der Waals surface area contributed by atoms with Gasteiger partial charge in [-0.3, -0.25) is 10.1 Å². The molecule has 7 heteroatoms. The summed E-state index contributed by atoms with van der Waals surface area (Å²) >= 11 is 0. The smallest absolute Gasteiger partial charge is 0.293 e. The Morgan fingerprint density at radius 3 is 2.33 bits per heavy atom. The van der Waals surface area contributed by atoms with Gasteiger partial charge < -0.3 is 5.32 Å². The van der Waals surface area contributed by atoms with Crippen molar-refractivity contribution < 1.29 is 13.3 Å². The van der Waals surface area contributed by atoms with Crippen LogP contribution in [0.5, 0.6) is 0 Å². The van der Waals surface area contributed by atoms with Crippen molar-refractivity contribution in [3.05, 3.63) is 28.3 Å². The maximum Gasteiger partial charge on any atom is 0.293 e. The molecule has 1 aromatic carbocycles. The molecule has 6 nitrogen and oxygen atoms in total. The van der Waals surface area contributed by atoms with Gasteiger partial charge in [0, 0.05) is 18.9 Å². The normalized spacial score (nSPS) is 12.5. The summed E-state index contributed by atoms with van der Waals surface area (Å²) in [5.74, 6) is 0.402. The van der Waals surface area contributed by atoms with Crippen molar-refractivity contribution in [2.75, 3.05) is 18.1 Å². The van der Waals surface area contributed by atoms with Crippen LogP contribution >= 0.6 is 0 Å². The number of hydrogen-bond acceptors (Lipinski definition) is 5. The summed E-state index contributed by atoms with van der Waals surface area (Å²) in [7, 11) is -3.46. The lowest BCUT2D eigenvalue weighted by molar-refractivity contribution is -0.384. The number of nitro groups is 1. The number of nitrogens with zero attached hydrogens (tertiary/aromatic N) is 1. The average molecular weight is 314 g/mol. The average Bonchev–Trinajstić information content (AvgIpc) is 2.34. The van der Waals surface area contributed by atoms with Gasteiger partial charge in [0.25, 0.3) is 5.69 Å². The van der Waals surface area contributed by atoms with Gasteiger partial charge in [0.15, 0.2) is 9.84 Å². The SMILES string of the molecule is CC(C)C(C)(C)CNc1ccc(S(C)(=O)=O)cc1[N+](=O)[O-]. The summed E-state index contributed by atoms with van der Waals surface area (Å²) in [5.41, 5.74) is 0.0715. The monoisotopic (exact) mass is 314 g/mol. The zero-order valence-electron chi connectivity index (χ0n) is 13.0. The van der Waals surface area contributed by atoms with Gasteiger partial charge in [0.1, 0.15) is 5.69 Å². The van der Waals surface area contributed by atoms with Gasteiger partial charge in [-0.1, -0.05) is 27.7 Å². The van der Waals surface area contributed by atoms with Crippen LogP contribution in [0.3, 0.4) is 0 Å². The highest BCUT2D eigenvalue weighted by atomic mass is 32.2. The van der Waals surface area contributed by atoms with Crippen molar-refractivity contribution in [3.63, 3.8) is 0 Å². The van der Waals surface area contributed by atoms with E-state index in [-0.39, 0.29) is 16.0 Å². The lowest BCUT2D eigenvalue weighted by Gasteiger charge is -2.29. The summed E-state index contributed by atoms with van der Waals surface area (Å²) in [6.45, 7) is 8.87. The van der Waals surface area contributed by atoms with Gasteiger partial charge in [-0.2, -0.15) is 0 Å². The molecule has 0 atom stereocenters.